The molecule has 0 aliphatic heterocycles. The van der Waals surface area contributed by atoms with Crippen molar-refractivity contribution in [1.29, 1.82) is 0 Å². The molecule has 3 heteroatoms. The lowest BCUT2D eigenvalue weighted by Gasteiger charge is -2.12. The monoisotopic (exact) mass is 376 g/mol. The molecular formula is C24H21ClO2. The van der Waals surface area contributed by atoms with Gasteiger partial charge in [-0.25, -0.2) is 4.79 Å². The van der Waals surface area contributed by atoms with E-state index in [4.69, 9.17) is 16.3 Å². The van der Waals surface area contributed by atoms with E-state index in [2.05, 4.69) is 25.1 Å². The average molecular weight is 377 g/mol. The van der Waals surface area contributed by atoms with Crippen LogP contribution in [0.1, 0.15) is 23.6 Å². The summed E-state index contributed by atoms with van der Waals surface area (Å²) in [6, 6.07) is 23.7. The standard InChI is InChI=1S/C24H21ClO2/c1-17(15-20-11-6-7-14-23(20)25)24(26)27-16-21-12-8-13-22(18(21)2)19-9-4-3-5-10-19/h3-15H,16H2,1-2H3/b17-15+. The van der Waals surface area contributed by atoms with Crippen LogP contribution in [0, 0.1) is 6.92 Å². The van der Waals surface area contributed by atoms with E-state index < -0.39 is 0 Å². The third kappa shape index (κ3) is 4.66. The summed E-state index contributed by atoms with van der Waals surface area (Å²) in [4.78, 5) is 12.4. The van der Waals surface area contributed by atoms with Crippen molar-refractivity contribution in [3.05, 3.63) is 100 Å². The van der Waals surface area contributed by atoms with Gasteiger partial charge in [0.15, 0.2) is 0 Å². The molecule has 0 heterocycles. The predicted octanol–water partition coefficient (Wildman–Crippen LogP) is 6.46. The maximum Gasteiger partial charge on any atom is 0.334 e. The van der Waals surface area contributed by atoms with Crippen LogP contribution in [0.25, 0.3) is 17.2 Å². The fourth-order valence-corrected chi connectivity index (χ4v) is 3.10. The Morgan fingerprint density at radius 1 is 0.963 bits per heavy atom. The zero-order valence-corrected chi connectivity index (χ0v) is 16.2. The van der Waals surface area contributed by atoms with Crippen LogP contribution in [0.5, 0.6) is 0 Å². The summed E-state index contributed by atoms with van der Waals surface area (Å²) >= 11 is 6.15. The number of esters is 1. The summed E-state index contributed by atoms with van der Waals surface area (Å²) in [6.07, 6.45) is 1.75. The Hall–Kier alpha value is -2.84. The summed E-state index contributed by atoms with van der Waals surface area (Å²) in [5.74, 6) is -0.348. The van der Waals surface area contributed by atoms with E-state index in [1.54, 1.807) is 19.1 Å². The van der Waals surface area contributed by atoms with Crippen LogP contribution in [-0.2, 0) is 16.1 Å². The van der Waals surface area contributed by atoms with Crippen molar-refractivity contribution in [2.75, 3.05) is 0 Å². The van der Waals surface area contributed by atoms with E-state index >= 15 is 0 Å². The Balaban J connectivity index is 1.73. The number of carbonyl (C=O) groups excluding carboxylic acids is 1. The summed E-state index contributed by atoms with van der Waals surface area (Å²) in [5, 5.41) is 0.607. The molecule has 0 saturated heterocycles. The van der Waals surface area contributed by atoms with Gasteiger partial charge in [0.1, 0.15) is 6.61 Å². The van der Waals surface area contributed by atoms with Crippen LogP contribution in [0.3, 0.4) is 0 Å². The fraction of sp³-hybridized carbons (Fsp3) is 0.125. The van der Waals surface area contributed by atoms with Crippen LogP contribution >= 0.6 is 11.6 Å². The first-order chi connectivity index (χ1) is 13.1. The predicted molar refractivity (Wildman–Crippen MR) is 112 cm³/mol. The van der Waals surface area contributed by atoms with E-state index in [9.17, 15) is 4.79 Å². The molecule has 3 rings (SSSR count). The van der Waals surface area contributed by atoms with Crippen LogP contribution < -0.4 is 0 Å². The smallest absolute Gasteiger partial charge is 0.334 e. The molecule has 3 aromatic carbocycles. The second-order valence-corrected chi connectivity index (χ2v) is 6.79. The van der Waals surface area contributed by atoms with Gasteiger partial charge in [0, 0.05) is 10.6 Å². The van der Waals surface area contributed by atoms with Crippen molar-refractivity contribution in [2.45, 2.75) is 20.5 Å². The highest BCUT2D eigenvalue weighted by molar-refractivity contribution is 6.32. The SMILES string of the molecule is C/C(=C\c1ccccc1Cl)C(=O)OCc1cccc(-c2ccccc2)c1C. The molecule has 136 valence electrons. The molecule has 0 atom stereocenters. The Labute approximate surface area is 165 Å². The Morgan fingerprint density at radius 2 is 1.67 bits per heavy atom. The highest BCUT2D eigenvalue weighted by atomic mass is 35.5. The number of carbonyl (C=O) groups is 1. The van der Waals surface area contributed by atoms with E-state index in [0.29, 0.717) is 10.6 Å². The summed E-state index contributed by atoms with van der Waals surface area (Å²) in [7, 11) is 0. The molecule has 2 nitrogen and oxygen atoms in total. The fourth-order valence-electron chi connectivity index (χ4n) is 2.91. The molecular weight excluding hydrogens is 356 g/mol. The molecule has 0 amide bonds. The van der Waals surface area contributed by atoms with Crippen molar-refractivity contribution in [1.82, 2.24) is 0 Å². The molecule has 3 aromatic rings. The van der Waals surface area contributed by atoms with Gasteiger partial charge in [0.05, 0.1) is 0 Å². The van der Waals surface area contributed by atoms with Crippen molar-refractivity contribution in [3.63, 3.8) is 0 Å². The Bertz CT molecular complexity index is 975. The molecule has 0 saturated carbocycles. The van der Waals surface area contributed by atoms with E-state index in [0.717, 1.165) is 27.8 Å². The average Bonchev–Trinajstić information content (AvgIpc) is 2.69. The molecule has 27 heavy (non-hydrogen) atoms. The van der Waals surface area contributed by atoms with Gasteiger partial charge >= 0.3 is 5.97 Å². The van der Waals surface area contributed by atoms with Crippen LogP contribution in [0.2, 0.25) is 5.02 Å². The highest BCUT2D eigenvalue weighted by Crippen LogP contribution is 2.26. The first kappa shape index (κ1) is 18.9. The summed E-state index contributed by atoms with van der Waals surface area (Å²) in [5.41, 5.74) is 5.72. The lowest BCUT2D eigenvalue weighted by atomic mass is 9.97. The van der Waals surface area contributed by atoms with Gasteiger partial charge in [0.25, 0.3) is 0 Å². The lowest BCUT2D eigenvalue weighted by Crippen LogP contribution is -2.07. The number of hydrogen-bond donors (Lipinski definition) is 0. The van der Waals surface area contributed by atoms with E-state index in [-0.39, 0.29) is 12.6 Å². The van der Waals surface area contributed by atoms with Crippen LogP contribution in [-0.4, -0.2) is 5.97 Å². The quantitative estimate of drug-likeness (QED) is 0.377. The van der Waals surface area contributed by atoms with Crippen molar-refractivity contribution in [3.8, 4) is 11.1 Å². The van der Waals surface area contributed by atoms with Gasteiger partial charge in [-0.1, -0.05) is 78.3 Å². The zero-order valence-electron chi connectivity index (χ0n) is 15.4. The van der Waals surface area contributed by atoms with Crippen molar-refractivity contribution >= 4 is 23.6 Å². The molecule has 0 aromatic heterocycles. The number of hydrogen-bond acceptors (Lipinski definition) is 2. The number of ether oxygens (including phenoxy) is 1. The first-order valence-corrected chi connectivity index (χ1v) is 9.18. The molecule has 0 bridgehead atoms. The van der Waals surface area contributed by atoms with E-state index in [1.807, 2.05) is 48.5 Å². The van der Waals surface area contributed by atoms with Crippen LogP contribution in [0.4, 0.5) is 0 Å². The molecule has 0 N–H and O–H groups in total. The molecule has 0 fully saturated rings. The minimum atomic E-state index is -0.348. The van der Waals surface area contributed by atoms with Gasteiger partial charge in [-0.05, 0) is 53.8 Å². The normalized spacial score (nSPS) is 11.3. The first-order valence-electron chi connectivity index (χ1n) is 8.80. The minimum Gasteiger partial charge on any atom is -0.457 e. The largest absolute Gasteiger partial charge is 0.457 e. The highest BCUT2D eigenvalue weighted by Gasteiger charge is 2.10. The minimum absolute atomic E-state index is 0.235. The van der Waals surface area contributed by atoms with Crippen molar-refractivity contribution < 1.29 is 9.53 Å². The zero-order chi connectivity index (χ0) is 19.2. The van der Waals surface area contributed by atoms with Gasteiger partial charge in [-0.15, -0.1) is 0 Å². The second kappa shape index (κ2) is 8.70. The molecule has 0 unspecified atom stereocenters. The lowest BCUT2D eigenvalue weighted by molar-refractivity contribution is -0.140. The number of rotatable bonds is 5. The maximum atomic E-state index is 12.4. The van der Waals surface area contributed by atoms with Gasteiger partial charge in [0.2, 0.25) is 0 Å². The van der Waals surface area contributed by atoms with Gasteiger partial charge in [-0.3, -0.25) is 0 Å². The number of benzene rings is 3. The molecule has 0 aliphatic rings. The topological polar surface area (TPSA) is 26.3 Å². The molecule has 0 spiro atoms. The van der Waals surface area contributed by atoms with Crippen molar-refractivity contribution in [2.24, 2.45) is 0 Å². The number of halogens is 1. The van der Waals surface area contributed by atoms with Gasteiger partial charge < -0.3 is 4.74 Å². The molecule has 0 radical (unpaired) electrons. The maximum absolute atomic E-state index is 12.4. The van der Waals surface area contributed by atoms with E-state index in [1.165, 1.54) is 0 Å². The van der Waals surface area contributed by atoms with Crippen LogP contribution in [0.15, 0.2) is 78.4 Å². The summed E-state index contributed by atoms with van der Waals surface area (Å²) < 4.78 is 5.52. The molecule has 0 aliphatic carbocycles. The second-order valence-electron chi connectivity index (χ2n) is 6.38. The summed E-state index contributed by atoms with van der Waals surface area (Å²) in [6.45, 7) is 4.02. The Morgan fingerprint density at radius 3 is 2.41 bits per heavy atom. The van der Waals surface area contributed by atoms with Gasteiger partial charge in [-0.2, -0.15) is 0 Å². The third-order valence-electron chi connectivity index (χ3n) is 4.49. The Kier molecular flexibility index (Phi) is 6.10. The third-order valence-corrected chi connectivity index (χ3v) is 4.83.